The summed E-state index contributed by atoms with van der Waals surface area (Å²) in [5.74, 6) is 0.0785. The fourth-order valence-electron chi connectivity index (χ4n) is 1.77. The van der Waals surface area contributed by atoms with E-state index < -0.39 is 11.7 Å². The zero-order chi connectivity index (χ0) is 12.8. The Morgan fingerprint density at radius 1 is 1.22 bits per heavy atom. The molecule has 2 aromatic rings. The van der Waals surface area contributed by atoms with Crippen LogP contribution < -0.4 is 0 Å². The van der Waals surface area contributed by atoms with E-state index in [1.807, 2.05) is 0 Å². The lowest BCUT2D eigenvalue weighted by Gasteiger charge is -2.09. The van der Waals surface area contributed by atoms with Gasteiger partial charge in [0.2, 0.25) is 0 Å². The van der Waals surface area contributed by atoms with Gasteiger partial charge in [-0.1, -0.05) is 18.2 Å². The molecule has 3 nitrogen and oxygen atoms in total. The maximum absolute atomic E-state index is 12.8. The molecule has 3 rings (SSSR count). The van der Waals surface area contributed by atoms with Crippen LogP contribution >= 0.6 is 0 Å². The van der Waals surface area contributed by atoms with Crippen molar-refractivity contribution in [3.8, 4) is 11.4 Å². The average Bonchev–Trinajstić information content (AvgIpc) is 3.06. The Balaban J connectivity index is 2.04. The minimum absolute atomic E-state index is 0.000602. The van der Waals surface area contributed by atoms with Gasteiger partial charge in [-0.15, -0.1) is 0 Å². The molecule has 0 unspecified atom stereocenters. The number of hydrogen-bond acceptors (Lipinski definition) is 2. The van der Waals surface area contributed by atoms with Crippen molar-refractivity contribution in [3.05, 3.63) is 36.2 Å². The minimum Gasteiger partial charge on any atom is -0.239 e. The number of alkyl halides is 3. The maximum Gasteiger partial charge on any atom is 0.417 e. The first kappa shape index (κ1) is 11.3. The third kappa shape index (κ3) is 1.98. The molecule has 0 N–H and O–H groups in total. The van der Waals surface area contributed by atoms with Crippen LogP contribution in [-0.4, -0.2) is 14.8 Å². The summed E-state index contributed by atoms with van der Waals surface area (Å²) in [5, 5.41) is 4.07. The number of hydrogen-bond donors (Lipinski definition) is 0. The predicted octanol–water partition coefficient (Wildman–Crippen LogP) is 3.10. The lowest BCUT2D eigenvalue weighted by atomic mass is 10.1. The normalized spacial score (nSPS) is 15.9. The smallest absolute Gasteiger partial charge is 0.239 e. The Morgan fingerprint density at radius 2 is 1.94 bits per heavy atom. The summed E-state index contributed by atoms with van der Waals surface area (Å²) in [6.45, 7) is 0. The van der Waals surface area contributed by atoms with Gasteiger partial charge in [0.25, 0.3) is 0 Å². The first-order valence-electron chi connectivity index (χ1n) is 5.56. The molecule has 1 heterocycles. The number of halogens is 3. The van der Waals surface area contributed by atoms with Crippen molar-refractivity contribution < 1.29 is 13.2 Å². The van der Waals surface area contributed by atoms with Gasteiger partial charge in [-0.25, -0.2) is 9.67 Å². The lowest BCUT2D eigenvalue weighted by Crippen LogP contribution is -2.07. The molecule has 1 aromatic heterocycles. The van der Waals surface area contributed by atoms with E-state index in [4.69, 9.17) is 0 Å². The Kier molecular flexibility index (Phi) is 2.39. The van der Waals surface area contributed by atoms with Crippen LogP contribution in [0.1, 0.15) is 24.4 Å². The van der Waals surface area contributed by atoms with Gasteiger partial charge in [-0.05, 0) is 18.9 Å². The SMILES string of the molecule is FC(F)(F)c1ccccc1-c1n[c]n(C2CC2)n1. The summed E-state index contributed by atoms with van der Waals surface area (Å²) in [4.78, 5) is 3.85. The van der Waals surface area contributed by atoms with Crippen molar-refractivity contribution in [2.75, 3.05) is 0 Å². The van der Waals surface area contributed by atoms with Crippen molar-refractivity contribution >= 4 is 0 Å². The molecule has 0 spiro atoms. The Hall–Kier alpha value is -1.85. The van der Waals surface area contributed by atoms with Crippen molar-refractivity contribution in [1.82, 2.24) is 14.8 Å². The highest BCUT2D eigenvalue weighted by Gasteiger charge is 2.34. The van der Waals surface area contributed by atoms with Gasteiger partial charge >= 0.3 is 6.18 Å². The molecule has 1 aliphatic carbocycles. The van der Waals surface area contributed by atoms with Crippen LogP contribution in [0.4, 0.5) is 13.2 Å². The minimum atomic E-state index is -4.40. The second-order valence-electron chi connectivity index (χ2n) is 4.25. The zero-order valence-corrected chi connectivity index (χ0v) is 9.28. The third-order valence-electron chi connectivity index (χ3n) is 2.83. The van der Waals surface area contributed by atoms with Crippen LogP contribution in [0.2, 0.25) is 0 Å². The molecule has 1 fully saturated rings. The molecule has 0 bridgehead atoms. The molecular weight excluding hydrogens is 243 g/mol. The predicted molar refractivity (Wildman–Crippen MR) is 57.6 cm³/mol. The van der Waals surface area contributed by atoms with E-state index in [9.17, 15) is 13.2 Å². The summed E-state index contributed by atoms with van der Waals surface area (Å²) < 4.78 is 40.0. The molecule has 1 aromatic carbocycles. The van der Waals surface area contributed by atoms with Crippen LogP contribution in [-0.2, 0) is 6.18 Å². The van der Waals surface area contributed by atoms with Crippen LogP contribution in [0, 0.1) is 6.33 Å². The second-order valence-corrected chi connectivity index (χ2v) is 4.25. The molecule has 0 amide bonds. The third-order valence-corrected chi connectivity index (χ3v) is 2.83. The van der Waals surface area contributed by atoms with Gasteiger partial charge in [0.1, 0.15) is 0 Å². The molecule has 93 valence electrons. The van der Waals surface area contributed by atoms with Gasteiger partial charge in [0.05, 0.1) is 11.6 Å². The average molecular weight is 252 g/mol. The molecule has 1 aliphatic rings. The Morgan fingerprint density at radius 3 is 2.61 bits per heavy atom. The van der Waals surface area contributed by atoms with Crippen molar-refractivity contribution in [1.29, 1.82) is 0 Å². The van der Waals surface area contributed by atoms with E-state index in [0.29, 0.717) is 0 Å². The molecule has 0 aliphatic heterocycles. The fourth-order valence-corrected chi connectivity index (χ4v) is 1.77. The molecule has 1 saturated carbocycles. The Labute approximate surface area is 101 Å². The van der Waals surface area contributed by atoms with Gasteiger partial charge in [0, 0.05) is 5.56 Å². The van der Waals surface area contributed by atoms with E-state index >= 15 is 0 Å². The van der Waals surface area contributed by atoms with E-state index in [1.54, 1.807) is 6.07 Å². The lowest BCUT2D eigenvalue weighted by molar-refractivity contribution is -0.137. The molecule has 18 heavy (non-hydrogen) atoms. The summed E-state index contributed by atoms with van der Waals surface area (Å²) in [6, 6.07) is 5.57. The molecule has 1 radical (unpaired) electrons. The van der Waals surface area contributed by atoms with E-state index in [2.05, 4.69) is 16.4 Å². The second kappa shape index (κ2) is 3.83. The first-order valence-corrected chi connectivity index (χ1v) is 5.56. The summed E-state index contributed by atoms with van der Waals surface area (Å²) in [6.07, 6.45) is 0.205. The summed E-state index contributed by atoms with van der Waals surface area (Å²) >= 11 is 0. The van der Waals surface area contributed by atoms with E-state index in [-0.39, 0.29) is 17.4 Å². The number of aromatic nitrogens is 3. The van der Waals surface area contributed by atoms with Crippen LogP contribution in [0.15, 0.2) is 24.3 Å². The summed E-state index contributed by atoms with van der Waals surface area (Å²) in [5.41, 5.74) is -0.715. The quantitative estimate of drug-likeness (QED) is 0.822. The van der Waals surface area contributed by atoms with Crippen LogP contribution in [0.25, 0.3) is 11.4 Å². The standard InChI is InChI=1S/C12H9F3N3/c13-12(14,15)10-4-2-1-3-9(10)11-16-7-18(17-11)8-5-6-8/h1-4,8H,5-6H2. The van der Waals surface area contributed by atoms with Gasteiger partial charge in [0.15, 0.2) is 12.2 Å². The zero-order valence-electron chi connectivity index (χ0n) is 9.28. The molecular formula is C12H9F3N3. The fraction of sp³-hybridized carbons (Fsp3) is 0.333. The topological polar surface area (TPSA) is 30.7 Å². The molecule has 0 atom stereocenters. The van der Waals surface area contributed by atoms with Gasteiger partial charge < -0.3 is 0 Å². The van der Waals surface area contributed by atoms with E-state index in [0.717, 1.165) is 18.9 Å². The summed E-state index contributed by atoms with van der Waals surface area (Å²) in [7, 11) is 0. The first-order chi connectivity index (χ1) is 8.55. The molecule has 6 heteroatoms. The van der Waals surface area contributed by atoms with Crippen LogP contribution in [0.3, 0.4) is 0 Å². The van der Waals surface area contributed by atoms with Crippen molar-refractivity contribution in [3.63, 3.8) is 0 Å². The number of rotatable bonds is 2. The monoisotopic (exact) mass is 252 g/mol. The highest BCUT2D eigenvalue weighted by molar-refractivity contribution is 5.60. The largest absolute Gasteiger partial charge is 0.417 e. The molecule has 0 saturated heterocycles. The highest BCUT2D eigenvalue weighted by atomic mass is 19.4. The van der Waals surface area contributed by atoms with E-state index in [1.165, 1.54) is 16.8 Å². The number of benzene rings is 1. The highest BCUT2D eigenvalue weighted by Crippen LogP contribution is 2.37. The van der Waals surface area contributed by atoms with Crippen molar-refractivity contribution in [2.24, 2.45) is 0 Å². The van der Waals surface area contributed by atoms with Crippen LogP contribution in [0.5, 0.6) is 0 Å². The number of nitrogens with zero attached hydrogens (tertiary/aromatic N) is 3. The van der Waals surface area contributed by atoms with Gasteiger partial charge in [-0.3, -0.25) is 0 Å². The van der Waals surface area contributed by atoms with Crippen molar-refractivity contribution in [2.45, 2.75) is 25.1 Å². The Bertz CT molecular complexity index is 570. The maximum atomic E-state index is 12.8. The van der Waals surface area contributed by atoms with Gasteiger partial charge in [-0.2, -0.15) is 18.3 Å².